The Labute approximate surface area is 196 Å². The van der Waals surface area contributed by atoms with Crippen LogP contribution in [-0.4, -0.2) is 49.1 Å². The molecule has 1 saturated carbocycles. The van der Waals surface area contributed by atoms with Crippen LogP contribution in [0, 0.1) is 11.3 Å². The van der Waals surface area contributed by atoms with E-state index < -0.39 is 0 Å². The molecule has 0 aliphatic heterocycles. The summed E-state index contributed by atoms with van der Waals surface area (Å²) in [4.78, 5) is 24.2. The molecule has 1 atom stereocenters. The Balaban J connectivity index is 1.66. The molecule has 0 bridgehead atoms. The van der Waals surface area contributed by atoms with Crippen LogP contribution in [0.15, 0.2) is 42.9 Å². The lowest BCUT2D eigenvalue weighted by molar-refractivity contribution is 0.0695. The van der Waals surface area contributed by atoms with Crippen molar-refractivity contribution >= 4 is 29.3 Å². The summed E-state index contributed by atoms with van der Waals surface area (Å²) < 4.78 is 1.61. The molecule has 3 aromatic rings. The van der Waals surface area contributed by atoms with Gasteiger partial charge in [-0.2, -0.15) is 26.8 Å². The van der Waals surface area contributed by atoms with Crippen molar-refractivity contribution in [1.29, 1.82) is 5.26 Å². The maximum absolute atomic E-state index is 13.6. The molecule has 32 heavy (non-hydrogen) atoms. The number of thioether (sulfide) groups is 1. The first kappa shape index (κ1) is 22.3. The summed E-state index contributed by atoms with van der Waals surface area (Å²) in [7, 11) is 0. The van der Waals surface area contributed by atoms with Crippen molar-refractivity contribution in [1.82, 2.24) is 24.6 Å². The van der Waals surface area contributed by atoms with Gasteiger partial charge in [-0.25, -0.2) is 9.97 Å². The molecule has 9 heteroatoms. The van der Waals surface area contributed by atoms with Crippen molar-refractivity contribution < 1.29 is 4.79 Å². The van der Waals surface area contributed by atoms with E-state index in [1.54, 1.807) is 34.6 Å². The van der Waals surface area contributed by atoms with Gasteiger partial charge in [0.1, 0.15) is 12.4 Å². The highest BCUT2D eigenvalue weighted by atomic mass is 35.5. The average molecular weight is 467 g/mol. The van der Waals surface area contributed by atoms with Gasteiger partial charge in [-0.1, -0.05) is 11.6 Å². The summed E-state index contributed by atoms with van der Waals surface area (Å²) >= 11 is 8.03. The molecule has 2 aromatic heterocycles. The Morgan fingerprint density at radius 1 is 1.34 bits per heavy atom. The van der Waals surface area contributed by atoms with Crippen LogP contribution >= 0.6 is 23.4 Å². The van der Waals surface area contributed by atoms with E-state index in [2.05, 4.69) is 21.1 Å². The Morgan fingerprint density at radius 3 is 2.81 bits per heavy atom. The predicted molar refractivity (Wildman–Crippen MR) is 125 cm³/mol. The van der Waals surface area contributed by atoms with Gasteiger partial charge in [0, 0.05) is 29.1 Å². The number of hydrogen-bond donors (Lipinski definition) is 0. The number of halogens is 1. The van der Waals surface area contributed by atoms with Crippen LogP contribution in [0.1, 0.15) is 59.0 Å². The number of nitriles is 1. The Kier molecular flexibility index (Phi) is 6.77. The van der Waals surface area contributed by atoms with Gasteiger partial charge in [0.25, 0.3) is 5.91 Å². The molecule has 0 saturated heterocycles. The smallest absolute Gasteiger partial charge is 0.254 e. The van der Waals surface area contributed by atoms with E-state index in [4.69, 9.17) is 16.9 Å². The van der Waals surface area contributed by atoms with Gasteiger partial charge in [-0.05, 0) is 67.8 Å². The molecule has 0 spiro atoms. The van der Waals surface area contributed by atoms with Crippen molar-refractivity contribution in [3.63, 3.8) is 0 Å². The summed E-state index contributed by atoms with van der Waals surface area (Å²) in [6.07, 6.45) is 7.24. The molecular formula is C23H23ClN6OS. The molecule has 0 radical (unpaired) electrons. The van der Waals surface area contributed by atoms with E-state index in [0.717, 1.165) is 24.2 Å². The van der Waals surface area contributed by atoms with Crippen LogP contribution < -0.4 is 0 Å². The van der Waals surface area contributed by atoms with E-state index in [1.165, 1.54) is 12.5 Å². The molecular weight excluding hydrogens is 444 g/mol. The molecule has 1 amide bonds. The van der Waals surface area contributed by atoms with E-state index in [9.17, 15) is 4.79 Å². The average Bonchev–Trinajstić information content (AvgIpc) is 3.55. The van der Waals surface area contributed by atoms with Crippen LogP contribution in [0.3, 0.4) is 0 Å². The summed E-state index contributed by atoms with van der Waals surface area (Å²) in [6.45, 7) is 2.49. The lowest BCUT2D eigenvalue weighted by atomic mass is 10.1. The second kappa shape index (κ2) is 9.72. The first-order valence-corrected chi connectivity index (χ1v) is 12.2. The highest BCUT2D eigenvalue weighted by Gasteiger charge is 2.29. The molecule has 164 valence electrons. The van der Waals surface area contributed by atoms with Gasteiger partial charge in [0.05, 0.1) is 11.6 Å². The number of benzene rings is 1. The van der Waals surface area contributed by atoms with Crippen molar-refractivity contribution in [2.24, 2.45) is 0 Å². The van der Waals surface area contributed by atoms with Gasteiger partial charge >= 0.3 is 0 Å². The zero-order chi connectivity index (χ0) is 22.7. The van der Waals surface area contributed by atoms with E-state index in [1.807, 2.05) is 30.2 Å². The number of pyridine rings is 1. The number of amides is 1. The topological polar surface area (TPSA) is 87.7 Å². The minimum atomic E-state index is -0.349. The lowest BCUT2D eigenvalue weighted by Gasteiger charge is -2.29. The molecule has 1 aliphatic carbocycles. The maximum Gasteiger partial charge on any atom is 0.254 e. The summed E-state index contributed by atoms with van der Waals surface area (Å²) in [5.41, 5.74) is 2.19. The molecule has 1 aromatic carbocycles. The van der Waals surface area contributed by atoms with Crippen LogP contribution in [0.25, 0.3) is 5.82 Å². The second-order valence-corrected chi connectivity index (χ2v) is 9.18. The SMILES string of the molecule is CSCCN(C(=O)c1cc(Cl)cc(C2CC2)c1)C(C)c1ncnn1-c1ccc(C#N)cn1. The first-order valence-electron chi connectivity index (χ1n) is 10.4. The molecule has 1 aliphatic rings. The fourth-order valence-corrected chi connectivity index (χ4v) is 4.27. The van der Waals surface area contributed by atoms with Crippen LogP contribution in [0.2, 0.25) is 5.02 Å². The molecule has 7 nitrogen and oxygen atoms in total. The monoisotopic (exact) mass is 466 g/mol. The van der Waals surface area contributed by atoms with Crippen molar-refractivity contribution in [3.05, 3.63) is 70.4 Å². The van der Waals surface area contributed by atoms with Gasteiger partial charge in [-0.15, -0.1) is 0 Å². The normalized spacial score (nSPS) is 14.1. The Hall–Kier alpha value is -2.89. The number of rotatable bonds is 8. The fraction of sp³-hybridized carbons (Fsp3) is 0.348. The third-order valence-corrected chi connectivity index (χ3v) is 6.33. The standard InChI is InChI=1S/C23H23ClN6OS/c1-15(22-27-14-28-30(22)21-6-3-16(12-25)13-26-21)29(7-8-32-2)23(31)19-9-18(17-4-5-17)10-20(24)11-19/h3,6,9-11,13-15,17H,4-5,7-8H2,1-2H3. The molecule has 2 heterocycles. The fourth-order valence-electron chi connectivity index (χ4n) is 3.64. The van der Waals surface area contributed by atoms with Crippen molar-refractivity contribution in [3.8, 4) is 11.9 Å². The number of aromatic nitrogens is 4. The van der Waals surface area contributed by atoms with Crippen molar-refractivity contribution in [2.45, 2.75) is 31.7 Å². The maximum atomic E-state index is 13.6. The van der Waals surface area contributed by atoms with Crippen LogP contribution in [-0.2, 0) is 0 Å². The summed E-state index contributed by atoms with van der Waals surface area (Å²) in [5, 5.41) is 13.9. The van der Waals surface area contributed by atoms with Crippen LogP contribution in [0.4, 0.5) is 0 Å². The third kappa shape index (κ3) is 4.79. The van der Waals surface area contributed by atoms with E-state index in [0.29, 0.717) is 40.3 Å². The zero-order valence-corrected chi connectivity index (χ0v) is 19.5. The summed E-state index contributed by atoms with van der Waals surface area (Å²) in [5.74, 6) is 2.34. The number of nitrogens with zero attached hydrogens (tertiary/aromatic N) is 6. The molecule has 1 fully saturated rings. The van der Waals surface area contributed by atoms with Gasteiger partial charge in [0.15, 0.2) is 11.6 Å². The number of hydrogen-bond acceptors (Lipinski definition) is 6. The first-order chi connectivity index (χ1) is 15.5. The minimum Gasteiger partial charge on any atom is -0.328 e. The highest BCUT2D eigenvalue weighted by Crippen LogP contribution is 2.41. The Morgan fingerprint density at radius 2 is 2.16 bits per heavy atom. The molecule has 1 unspecified atom stereocenters. The van der Waals surface area contributed by atoms with Crippen molar-refractivity contribution in [2.75, 3.05) is 18.6 Å². The third-order valence-electron chi connectivity index (χ3n) is 5.52. The van der Waals surface area contributed by atoms with Crippen LogP contribution in [0.5, 0.6) is 0 Å². The lowest BCUT2D eigenvalue weighted by Crippen LogP contribution is -2.36. The number of carbonyl (C=O) groups excluding carboxylic acids is 1. The largest absolute Gasteiger partial charge is 0.328 e. The summed E-state index contributed by atoms with van der Waals surface area (Å²) in [6, 6.07) is 10.8. The Bertz CT molecular complexity index is 1150. The highest BCUT2D eigenvalue weighted by molar-refractivity contribution is 7.98. The minimum absolute atomic E-state index is 0.0849. The van der Waals surface area contributed by atoms with Gasteiger partial charge in [0.2, 0.25) is 0 Å². The molecule has 4 rings (SSSR count). The van der Waals surface area contributed by atoms with Gasteiger partial charge < -0.3 is 4.90 Å². The predicted octanol–water partition coefficient (Wildman–Crippen LogP) is 4.63. The van der Waals surface area contributed by atoms with E-state index >= 15 is 0 Å². The number of carbonyl (C=O) groups is 1. The zero-order valence-electron chi connectivity index (χ0n) is 17.9. The molecule has 0 N–H and O–H groups in total. The van der Waals surface area contributed by atoms with E-state index in [-0.39, 0.29) is 11.9 Å². The van der Waals surface area contributed by atoms with Gasteiger partial charge in [-0.3, -0.25) is 4.79 Å². The second-order valence-electron chi connectivity index (χ2n) is 7.76. The quantitative estimate of drug-likeness (QED) is 0.481.